The molecule has 0 N–H and O–H groups in total. The fraction of sp³-hybridized carbons (Fsp3) is 0.333. The van der Waals surface area contributed by atoms with E-state index in [4.69, 9.17) is 23.2 Å². The topological polar surface area (TPSA) is 57.2 Å². The molecule has 0 aliphatic carbocycles. The zero-order chi connectivity index (χ0) is 7.49. The van der Waals surface area contributed by atoms with Crippen LogP contribution in [-0.4, -0.2) is 18.7 Å². The van der Waals surface area contributed by atoms with Crippen molar-refractivity contribution >= 4 is 33.3 Å². The summed E-state index contributed by atoms with van der Waals surface area (Å²) in [7, 11) is -4.27. The first-order valence-electron chi connectivity index (χ1n) is 1.84. The molecule has 0 radical (unpaired) electrons. The third-order valence-corrected chi connectivity index (χ3v) is 1.87. The smallest absolute Gasteiger partial charge is 0.748 e. The monoisotopic (exact) mass is 212 g/mol. The van der Waals surface area contributed by atoms with E-state index in [-0.39, 0.29) is 34.6 Å². The first-order chi connectivity index (χ1) is 3.95. The predicted molar refractivity (Wildman–Crippen MR) is 34.4 cm³/mol. The fourth-order valence-corrected chi connectivity index (χ4v) is 1.19. The third-order valence-electron chi connectivity index (χ3n) is 0.433. The maximum Gasteiger partial charge on any atom is 1.00 e. The van der Waals surface area contributed by atoms with Gasteiger partial charge < -0.3 is 4.55 Å². The Bertz CT molecular complexity index is 210. The molecule has 7 heteroatoms. The molecule has 0 fully saturated rings. The predicted octanol–water partition coefficient (Wildman–Crippen LogP) is -2.15. The molecule has 0 aromatic heterocycles. The van der Waals surface area contributed by atoms with Crippen LogP contribution in [0.3, 0.4) is 0 Å². The minimum absolute atomic E-state index is 0. The van der Waals surface area contributed by atoms with Crippen molar-refractivity contribution in [1.29, 1.82) is 0 Å². The fourth-order valence-electron chi connectivity index (χ4n) is 0.200. The first-order valence-corrected chi connectivity index (χ1v) is 4.23. The molecular formula is C3H3Cl2NaO3S. The van der Waals surface area contributed by atoms with Crippen molar-refractivity contribution in [3.63, 3.8) is 0 Å². The number of halogens is 2. The Morgan fingerprint density at radius 1 is 1.60 bits per heavy atom. The molecule has 0 rings (SSSR count). The Morgan fingerprint density at radius 2 is 2.00 bits per heavy atom. The van der Waals surface area contributed by atoms with Gasteiger partial charge in [-0.3, -0.25) is 0 Å². The largest absolute Gasteiger partial charge is 1.00 e. The number of rotatable bonds is 2. The minimum Gasteiger partial charge on any atom is -0.748 e. The van der Waals surface area contributed by atoms with Crippen molar-refractivity contribution in [1.82, 2.24) is 0 Å². The van der Waals surface area contributed by atoms with Crippen molar-refractivity contribution in [2.75, 3.05) is 5.75 Å². The van der Waals surface area contributed by atoms with Crippen LogP contribution in [0.5, 0.6) is 0 Å². The summed E-state index contributed by atoms with van der Waals surface area (Å²) in [5, 5.41) is -0.174. The van der Waals surface area contributed by atoms with E-state index in [1.54, 1.807) is 0 Å². The molecule has 0 spiro atoms. The SMILES string of the molecule is O=S(=O)([O-])C/C(Cl)=C\Cl.[Na+]. The van der Waals surface area contributed by atoms with Crippen LogP contribution < -0.4 is 29.6 Å². The quantitative estimate of drug-likeness (QED) is 0.388. The van der Waals surface area contributed by atoms with Crippen molar-refractivity contribution in [2.45, 2.75) is 0 Å². The van der Waals surface area contributed by atoms with Crippen molar-refractivity contribution < 1.29 is 42.5 Å². The summed E-state index contributed by atoms with van der Waals surface area (Å²) < 4.78 is 29.6. The number of hydrogen-bond acceptors (Lipinski definition) is 3. The average Bonchev–Trinajstić information content (AvgIpc) is 1.62. The molecular weight excluding hydrogens is 210 g/mol. The van der Waals surface area contributed by atoms with Gasteiger partial charge in [-0.2, -0.15) is 0 Å². The summed E-state index contributed by atoms with van der Waals surface area (Å²) in [5.74, 6) is -0.738. The van der Waals surface area contributed by atoms with Crippen molar-refractivity contribution in [3.05, 3.63) is 10.6 Å². The second-order valence-corrected chi connectivity index (χ2v) is 3.37. The van der Waals surface area contributed by atoms with Gasteiger partial charge in [0.1, 0.15) is 0 Å². The van der Waals surface area contributed by atoms with Gasteiger partial charge >= 0.3 is 29.6 Å². The molecule has 0 saturated carbocycles. The van der Waals surface area contributed by atoms with Gasteiger partial charge in [-0.25, -0.2) is 8.42 Å². The molecule has 0 aliphatic heterocycles. The van der Waals surface area contributed by atoms with Gasteiger partial charge in [-0.05, 0) is 0 Å². The van der Waals surface area contributed by atoms with Crippen LogP contribution in [0.15, 0.2) is 10.6 Å². The molecule has 0 bridgehead atoms. The van der Waals surface area contributed by atoms with Crippen LogP contribution in [0.25, 0.3) is 0 Å². The van der Waals surface area contributed by atoms with E-state index >= 15 is 0 Å². The van der Waals surface area contributed by atoms with Crippen LogP contribution in [0.4, 0.5) is 0 Å². The van der Waals surface area contributed by atoms with E-state index < -0.39 is 15.9 Å². The van der Waals surface area contributed by atoms with Gasteiger partial charge in [0.15, 0.2) is 0 Å². The van der Waals surface area contributed by atoms with Gasteiger partial charge in [-0.1, -0.05) is 23.2 Å². The van der Waals surface area contributed by atoms with Crippen molar-refractivity contribution in [3.8, 4) is 0 Å². The van der Waals surface area contributed by atoms with Crippen molar-refractivity contribution in [2.24, 2.45) is 0 Å². The normalized spacial score (nSPS) is 12.5. The zero-order valence-electron chi connectivity index (χ0n) is 5.17. The molecule has 0 saturated heterocycles. The van der Waals surface area contributed by atoms with Gasteiger partial charge in [-0.15, -0.1) is 0 Å². The van der Waals surface area contributed by atoms with E-state index in [1.807, 2.05) is 0 Å². The zero-order valence-corrected chi connectivity index (χ0v) is 9.50. The third kappa shape index (κ3) is 9.23. The van der Waals surface area contributed by atoms with Crippen LogP contribution in [0.1, 0.15) is 0 Å². The van der Waals surface area contributed by atoms with Gasteiger partial charge in [0.25, 0.3) is 0 Å². The average molecular weight is 213 g/mol. The van der Waals surface area contributed by atoms with Crippen LogP contribution in [0, 0.1) is 0 Å². The summed E-state index contributed by atoms with van der Waals surface area (Å²) in [6.45, 7) is 0. The Kier molecular flexibility index (Phi) is 8.04. The molecule has 0 aliphatic rings. The molecule has 0 amide bonds. The molecule has 0 atom stereocenters. The Hall–Kier alpha value is 1.23. The van der Waals surface area contributed by atoms with E-state index in [2.05, 4.69) is 0 Å². The Labute approximate surface area is 91.4 Å². The Balaban J connectivity index is 0. The van der Waals surface area contributed by atoms with Gasteiger partial charge in [0.2, 0.25) is 0 Å². The molecule has 3 nitrogen and oxygen atoms in total. The molecule has 54 valence electrons. The summed E-state index contributed by atoms with van der Waals surface area (Å²) in [6.07, 6.45) is 0. The maximum absolute atomic E-state index is 9.86. The second kappa shape index (κ2) is 5.83. The summed E-state index contributed by atoms with van der Waals surface area (Å²) >= 11 is 10.1. The summed E-state index contributed by atoms with van der Waals surface area (Å²) in [5.41, 5.74) is 0.844. The standard InChI is InChI=1S/C3H4Cl2O3S.Na/c4-1-3(5)2-9(6,7)8;/h1H,2H2,(H,6,7,8);/q;+1/p-1/b3-1+;. The van der Waals surface area contributed by atoms with E-state index in [0.717, 1.165) is 5.54 Å². The van der Waals surface area contributed by atoms with Gasteiger partial charge in [0.05, 0.1) is 15.9 Å². The molecule has 10 heavy (non-hydrogen) atoms. The molecule has 0 aromatic rings. The van der Waals surface area contributed by atoms with Gasteiger partial charge in [0, 0.05) is 10.6 Å². The van der Waals surface area contributed by atoms with E-state index in [1.165, 1.54) is 0 Å². The molecule has 0 heterocycles. The maximum atomic E-state index is 9.86. The van der Waals surface area contributed by atoms with Crippen LogP contribution in [-0.2, 0) is 10.1 Å². The first kappa shape index (κ1) is 13.8. The summed E-state index contributed by atoms with van der Waals surface area (Å²) in [6, 6.07) is 0. The molecule has 0 aromatic carbocycles. The van der Waals surface area contributed by atoms with Crippen LogP contribution >= 0.6 is 23.2 Å². The Morgan fingerprint density at radius 3 is 2.10 bits per heavy atom. The minimum atomic E-state index is -4.27. The molecule has 0 unspecified atom stereocenters. The summed E-state index contributed by atoms with van der Waals surface area (Å²) in [4.78, 5) is 0. The number of hydrogen-bond donors (Lipinski definition) is 0. The van der Waals surface area contributed by atoms with E-state index in [0.29, 0.717) is 0 Å². The van der Waals surface area contributed by atoms with Crippen LogP contribution in [0.2, 0.25) is 0 Å². The second-order valence-electron chi connectivity index (χ2n) is 1.26. The van der Waals surface area contributed by atoms with E-state index in [9.17, 15) is 13.0 Å².